The topological polar surface area (TPSA) is 50.4 Å². The van der Waals surface area contributed by atoms with Crippen LogP contribution in [0.15, 0.2) is 42.5 Å². The smallest absolute Gasteiger partial charge is 0.406 e. The van der Waals surface area contributed by atoms with E-state index in [0.717, 1.165) is 12.1 Å². The molecule has 9 heteroatoms. The largest absolute Gasteiger partial charge is 0.573 e. The fraction of sp³-hybridized carbons (Fsp3) is 0.133. The van der Waals surface area contributed by atoms with E-state index in [1.165, 1.54) is 24.3 Å². The lowest BCUT2D eigenvalue weighted by atomic mass is 10.3. The highest BCUT2D eigenvalue weighted by atomic mass is 35.5. The standard InChI is InChI=1S/C15H11Cl2F3N2O2/c16-9-4-5-12(17)13(6-9)22-14(23)8-21-10-2-1-3-11(7-10)24-15(18,19)20/h1-7,21H,8H2,(H,22,23). The number of halogens is 5. The van der Waals surface area contributed by atoms with Gasteiger partial charge >= 0.3 is 6.36 Å². The summed E-state index contributed by atoms with van der Waals surface area (Å²) in [6.07, 6.45) is -4.78. The molecule has 0 aromatic heterocycles. The van der Waals surface area contributed by atoms with Crippen LogP contribution in [0.5, 0.6) is 5.75 Å². The van der Waals surface area contributed by atoms with E-state index in [2.05, 4.69) is 15.4 Å². The first-order valence-electron chi connectivity index (χ1n) is 6.57. The molecule has 2 rings (SSSR count). The Bertz CT molecular complexity index is 739. The molecule has 0 unspecified atom stereocenters. The normalized spacial score (nSPS) is 11.0. The van der Waals surface area contributed by atoms with Gasteiger partial charge in [0.1, 0.15) is 5.75 Å². The van der Waals surface area contributed by atoms with Gasteiger partial charge in [0.2, 0.25) is 5.91 Å². The number of carbonyl (C=O) groups excluding carboxylic acids is 1. The van der Waals surface area contributed by atoms with Gasteiger partial charge in [-0.25, -0.2) is 0 Å². The second kappa shape index (κ2) is 7.63. The van der Waals surface area contributed by atoms with Crippen molar-refractivity contribution in [2.75, 3.05) is 17.2 Å². The highest BCUT2D eigenvalue weighted by molar-refractivity contribution is 6.35. The molecule has 0 spiro atoms. The summed E-state index contributed by atoms with van der Waals surface area (Å²) in [5, 5.41) is 5.95. The Kier molecular flexibility index (Phi) is 5.80. The predicted octanol–water partition coefficient (Wildman–Crippen LogP) is 4.94. The second-order valence-electron chi connectivity index (χ2n) is 4.60. The van der Waals surface area contributed by atoms with Crippen LogP contribution in [0.4, 0.5) is 24.5 Å². The third kappa shape index (κ3) is 5.82. The lowest BCUT2D eigenvalue weighted by Gasteiger charge is -2.12. The number of nitrogens with one attached hydrogen (secondary N) is 2. The Morgan fingerprint density at radius 1 is 1.12 bits per heavy atom. The Balaban J connectivity index is 1.94. The molecular formula is C15H11Cl2F3N2O2. The zero-order valence-corrected chi connectivity index (χ0v) is 13.5. The van der Waals surface area contributed by atoms with Crippen molar-refractivity contribution in [1.82, 2.24) is 0 Å². The van der Waals surface area contributed by atoms with Crippen LogP contribution in [0.3, 0.4) is 0 Å². The van der Waals surface area contributed by atoms with Crippen molar-refractivity contribution in [2.45, 2.75) is 6.36 Å². The maximum atomic E-state index is 12.2. The molecule has 2 aromatic carbocycles. The van der Waals surface area contributed by atoms with E-state index in [1.807, 2.05) is 0 Å². The predicted molar refractivity (Wildman–Crippen MR) is 86.7 cm³/mol. The lowest BCUT2D eigenvalue weighted by molar-refractivity contribution is -0.274. The Labute approximate surface area is 145 Å². The summed E-state index contributed by atoms with van der Waals surface area (Å²) >= 11 is 11.7. The van der Waals surface area contributed by atoms with E-state index in [9.17, 15) is 18.0 Å². The second-order valence-corrected chi connectivity index (χ2v) is 5.45. The average molecular weight is 379 g/mol. The molecule has 0 bridgehead atoms. The van der Waals surface area contributed by atoms with Crippen LogP contribution in [0.25, 0.3) is 0 Å². The lowest BCUT2D eigenvalue weighted by Crippen LogP contribution is -2.22. The number of anilines is 2. The quantitative estimate of drug-likeness (QED) is 0.774. The van der Waals surface area contributed by atoms with Gasteiger partial charge in [0.25, 0.3) is 0 Å². The van der Waals surface area contributed by atoms with Crippen molar-refractivity contribution >= 4 is 40.5 Å². The molecule has 24 heavy (non-hydrogen) atoms. The van der Waals surface area contributed by atoms with E-state index >= 15 is 0 Å². The third-order valence-corrected chi connectivity index (χ3v) is 3.29. The van der Waals surface area contributed by atoms with Crippen LogP contribution < -0.4 is 15.4 Å². The zero-order chi connectivity index (χ0) is 17.7. The molecule has 0 fully saturated rings. The number of amides is 1. The molecule has 0 heterocycles. The highest BCUT2D eigenvalue weighted by Crippen LogP contribution is 2.26. The van der Waals surface area contributed by atoms with Gasteiger partial charge in [-0.05, 0) is 30.3 Å². The minimum absolute atomic E-state index is 0.182. The summed E-state index contributed by atoms with van der Waals surface area (Å²) in [6, 6.07) is 9.75. The third-order valence-electron chi connectivity index (χ3n) is 2.72. The first kappa shape index (κ1) is 18.2. The first-order chi connectivity index (χ1) is 11.2. The monoisotopic (exact) mass is 378 g/mol. The number of rotatable bonds is 5. The zero-order valence-electron chi connectivity index (χ0n) is 12.0. The van der Waals surface area contributed by atoms with Gasteiger partial charge in [0, 0.05) is 16.8 Å². The Morgan fingerprint density at radius 2 is 1.88 bits per heavy atom. The minimum atomic E-state index is -4.78. The van der Waals surface area contributed by atoms with E-state index in [1.54, 1.807) is 6.07 Å². The average Bonchev–Trinajstić information content (AvgIpc) is 2.48. The summed E-state index contributed by atoms with van der Waals surface area (Å²) in [7, 11) is 0. The van der Waals surface area contributed by atoms with Gasteiger partial charge in [0.05, 0.1) is 17.3 Å². The van der Waals surface area contributed by atoms with Gasteiger partial charge in [-0.15, -0.1) is 13.2 Å². The van der Waals surface area contributed by atoms with Crippen molar-refractivity contribution in [3.8, 4) is 5.75 Å². The van der Waals surface area contributed by atoms with Crippen LogP contribution in [0.1, 0.15) is 0 Å². The van der Waals surface area contributed by atoms with Crippen LogP contribution in [0.2, 0.25) is 10.0 Å². The van der Waals surface area contributed by atoms with Crippen LogP contribution >= 0.6 is 23.2 Å². The Morgan fingerprint density at radius 3 is 2.58 bits per heavy atom. The van der Waals surface area contributed by atoms with Crippen LogP contribution in [-0.2, 0) is 4.79 Å². The molecule has 0 aliphatic rings. The molecule has 2 N–H and O–H groups in total. The van der Waals surface area contributed by atoms with Gasteiger partial charge in [-0.2, -0.15) is 0 Å². The van der Waals surface area contributed by atoms with Crippen LogP contribution in [0, 0.1) is 0 Å². The molecule has 4 nitrogen and oxygen atoms in total. The van der Waals surface area contributed by atoms with Gasteiger partial charge < -0.3 is 15.4 Å². The van der Waals surface area contributed by atoms with Crippen molar-refractivity contribution in [3.63, 3.8) is 0 Å². The van der Waals surface area contributed by atoms with E-state index in [-0.39, 0.29) is 12.3 Å². The fourth-order valence-electron chi connectivity index (χ4n) is 1.77. The van der Waals surface area contributed by atoms with Crippen molar-refractivity contribution in [2.24, 2.45) is 0 Å². The summed E-state index contributed by atoms with van der Waals surface area (Å²) in [5.41, 5.74) is 0.634. The van der Waals surface area contributed by atoms with Crippen molar-refractivity contribution in [1.29, 1.82) is 0 Å². The molecule has 2 aromatic rings. The van der Waals surface area contributed by atoms with Crippen LogP contribution in [-0.4, -0.2) is 18.8 Å². The summed E-state index contributed by atoms with van der Waals surface area (Å²) in [6.45, 7) is -0.182. The maximum absolute atomic E-state index is 12.2. The van der Waals surface area contributed by atoms with E-state index in [4.69, 9.17) is 23.2 Å². The molecule has 1 amide bonds. The van der Waals surface area contributed by atoms with E-state index < -0.39 is 12.3 Å². The van der Waals surface area contributed by atoms with Gasteiger partial charge in [0.15, 0.2) is 0 Å². The number of hydrogen-bond acceptors (Lipinski definition) is 3. The first-order valence-corrected chi connectivity index (χ1v) is 7.33. The molecule has 0 saturated heterocycles. The summed E-state index contributed by atoms with van der Waals surface area (Å²) < 4.78 is 40.3. The molecule has 0 aliphatic carbocycles. The SMILES string of the molecule is O=C(CNc1cccc(OC(F)(F)F)c1)Nc1cc(Cl)ccc1Cl. The highest BCUT2D eigenvalue weighted by Gasteiger charge is 2.31. The molecule has 0 radical (unpaired) electrons. The number of alkyl halides is 3. The number of carbonyl (C=O) groups is 1. The minimum Gasteiger partial charge on any atom is -0.406 e. The van der Waals surface area contributed by atoms with Crippen molar-refractivity contribution in [3.05, 3.63) is 52.5 Å². The van der Waals surface area contributed by atoms with E-state index in [0.29, 0.717) is 21.4 Å². The summed E-state index contributed by atoms with van der Waals surface area (Å²) in [4.78, 5) is 11.9. The Hall–Kier alpha value is -2.12. The molecule has 0 saturated carbocycles. The number of hydrogen-bond donors (Lipinski definition) is 2. The molecule has 128 valence electrons. The molecule has 0 atom stereocenters. The molecule has 0 aliphatic heterocycles. The van der Waals surface area contributed by atoms with Gasteiger partial charge in [-0.1, -0.05) is 29.3 Å². The maximum Gasteiger partial charge on any atom is 0.573 e. The molecular weight excluding hydrogens is 368 g/mol. The number of benzene rings is 2. The fourth-order valence-corrected chi connectivity index (χ4v) is 2.11. The number of ether oxygens (including phenoxy) is 1. The van der Waals surface area contributed by atoms with Gasteiger partial charge in [-0.3, -0.25) is 4.79 Å². The summed E-state index contributed by atoms with van der Waals surface area (Å²) in [5.74, 6) is -0.827. The van der Waals surface area contributed by atoms with Crippen molar-refractivity contribution < 1.29 is 22.7 Å².